The molecule has 0 spiro atoms. The fourth-order valence-corrected chi connectivity index (χ4v) is 0. The van der Waals surface area contributed by atoms with Gasteiger partial charge < -0.3 is 14.7 Å². The van der Waals surface area contributed by atoms with Crippen molar-refractivity contribution >= 4 is 13.9 Å². The second-order valence-corrected chi connectivity index (χ2v) is 1.64. The molecule has 4 N–H and O–H groups in total. The Bertz CT molecular complexity index is 115. The van der Waals surface area contributed by atoms with Crippen molar-refractivity contribution in [1.29, 1.82) is 5.41 Å². The largest absolute Gasteiger partial charge is 0.466 e. The maximum atomic E-state index is 8.88. The third-order valence-corrected chi connectivity index (χ3v) is 0. The van der Waals surface area contributed by atoms with Crippen LogP contribution in [-0.4, -0.2) is 20.8 Å². The fraction of sp³-hybridized carbons (Fsp3) is 0. The summed E-state index contributed by atoms with van der Waals surface area (Å²) in [6.45, 7) is 0. The molecule has 56 valence electrons. The van der Waals surface area contributed by atoms with E-state index in [4.69, 9.17) is 29.4 Å². The number of hydrogen-bond donors (Lipinski definition) is 4. The summed E-state index contributed by atoms with van der Waals surface area (Å²) in [4.78, 5) is 29.9. The van der Waals surface area contributed by atoms with Gasteiger partial charge in [-0.1, -0.05) is 0 Å². The minimum Gasteiger partial charge on any atom is -0.303 e. The quantitative estimate of drug-likeness (QED) is 0.171. The van der Waals surface area contributed by atoms with Crippen molar-refractivity contribution in [2.75, 3.05) is 0 Å². The van der Waals surface area contributed by atoms with Crippen molar-refractivity contribution in [2.45, 2.75) is 0 Å². The molecule has 0 aromatic carbocycles. The normalized spacial score (nSPS) is 7.44. The predicted octanol–water partition coefficient (Wildman–Crippen LogP) is -1.03. The molecule has 0 aliphatic rings. The molecule has 0 radical (unpaired) electrons. The number of isocyanates is 1. The van der Waals surface area contributed by atoms with Crippen molar-refractivity contribution in [1.82, 2.24) is 0 Å². The van der Waals surface area contributed by atoms with E-state index in [2.05, 4.69) is 0 Å². The Morgan fingerprint density at radius 2 is 1.33 bits per heavy atom. The van der Waals surface area contributed by atoms with Gasteiger partial charge in [0.05, 0.1) is 0 Å². The molecule has 0 fully saturated rings. The van der Waals surface area contributed by atoms with E-state index in [9.17, 15) is 0 Å². The van der Waals surface area contributed by atoms with E-state index in [-0.39, 0.29) is 17.1 Å². The molecule has 0 atom stereocenters. The topological polar surface area (TPSA) is 119 Å². The smallest absolute Gasteiger partial charge is 0.303 e. The zero-order valence-corrected chi connectivity index (χ0v) is 5.96. The molecule has 0 amide bonds. The maximum Gasteiger partial charge on any atom is 0.466 e. The number of hydrogen-bond acceptors (Lipinski definition) is 3. The molecule has 0 heterocycles. The van der Waals surface area contributed by atoms with E-state index in [1.165, 1.54) is 0 Å². The first-order chi connectivity index (χ1) is 3.41. The third-order valence-electron chi connectivity index (χ3n) is 0. The summed E-state index contributed by atoms with van der Waals surface area (Å²) < 4.78 is 8.88. The molecule has 0 aromatic heterocycles. The van der Waals surface area contributed by atoms with E-state index in [1.807, 2.05) is 0 Å². The average Bonchev–Trinajstić information content (AvgIpc) is 1.27. The summed E-state index contributed by atoms with van der Waals surface area (Å²) in [5, 5.41) is 5.40. The van der Waals surface area contributed by atoms with Crippen LogP contribution < -0.4 is 0 Å². The third kappa shape index (κ3) is 3220000. The van der Waals surface area contributed by atoms with Crippen LogP contribution in [0.3, 0.4) is 0 Å². The van der Waals surface area contributed by atoms with Gasteiger partial charge in [-0.2, -0.15) is 0 Å². The molecule has 0 aromatic rings. The van der Waals surface area contributed by atoms with Gasteiger partial charge in [-0.15, -0.1) is 0 Å². The summed E-state index contributed by atoms with van der Waals surface area (Å²) in [5.74, 6) is 0. The van der Waals surface area contributed by atoms with Gasteiger partial charge in [0.25, 0.3) is 0 Å². The monoisotopic (exact) mass is 197 g/mol. The zero-order valence-electron chi connectivity index (χ0n) is 3.96. The van der Waals surface area contributed by atoms with Crippen LogP contribution in [0.25, 0.3) is 0 Å². The van der Waals surface area contributed by atoms with Crippen LogP contribution in [0.5, 0.6) is 0 Å². The van der Waals surface area contributed by atoms with Crippen LogP contribution >= 0.6 is 7.82 Å². The van der Waals surface area contributed by atoms with Crippen molar-refractivity contribution < 1.29 is 41.1 Å². The van der Waals surface area contributed by atoms with Gasteiger partial charge in [-0.05, 0) is 0 Å². The van der Waals surface area contributed by atoms with Crippen LogP contribution in [0.1, 0.15) is 0 Å². The Labute approximate surface area is 61.1 Å². The van der Waals surface area contributed by atoms with Gasteiger partial charge in [0.2, 0.25) is 6.08 Å². The fourth-order valence-electron chi connectivity index (χ4n) is 0. The van der Waals surface area contributed by atoms with E-state index in [0.29, 0.717) is 0 Å². The molecule has 9 heavy (non-hydrogen) atoms. The summed E-state index contributed by atoms with van der Waals surface area (Å²) >= 11 is 0. The van der Waals surface area contributed by atoms with Crippen LogP contribution in [-0.2, 0) is 26.4 Å². The molecule has 0 bridgehead atoms. The number of phosphoric acid groups is 1. The summed E-state index contributed by atoms with van der Waals surface area (Å²) in [7, 11) is -4.64. The molecular formula is CH4FeNO5P. The van der Waals surface area contributed by atoms with E-state index in [1.54, 1.807) is 0 Å². The van der Waals surface area contributed by atoms with Crippen LogP contribution in [0.15, 0.2) is 0 Å². The molecule has 0 saturated heterocycles. The van der Waals surface area contributed by atoms with E-state index < -0.39 is 7.82 Å². The predicted molar refractivity (Wildman–Crippen MR) is 22.7 cm³/mol. The van der Waals surface area contributed by atoms with Crippen LogP contribution in [0, 0.1) is 5.41 Å². The van der Waals surface area contributed by atoms with Gasteiger partial charge in [0.15, 0.2) is 0 Å². The van der Waals surface area contributed by atoms with Crippen molar-refractivity contribution in [3.8, 4) is 0 Å². The Morgan fingerprint density at radius 1 is 1.33 bits per heavy atom. The Kier molecular flexibility index (Phi) is 14.2. The molecule has 0 rings (SSSR count). The first-order valence-corrected chi connectivity index (χ1v) is 2.80. The summed E-state index contributed by atoms with van der Waals surface area (Å²) in [6, 6.07) is 0. The average molecular weight is 197 g/mol. The second kappa shape index (κ2) is 8.01. The second-order valence-electron chi connectivity index (χ2n) is 0.615. The van der Waals surface area contributed by atoms with Gasteiger partial charge in [-0.25, -0.2) is 14.8 Å². The molecule has 0 unspecified atom stereocenters. The molecule has 0 aliphatic heterocycles. The van der Waals surface area contributed by atoms with Gasteiger partial charge in [-0.3, -0.25) is 0 Å². The van der Waals surface area contributed by atoms with Crippen LogP contribution in [0.2, 0.25) is 0 Å². The molecular weight excluding hydrogens is 193 g/mol. The van der Waals surface area contributed by atoms with Gasteiger partial charge >= 0.3 is 7.82 Å². The van der Waals surface area contributed by atoms with Crippen molar-refractivity contribution in [2.24, 2.45) is 0 Å². The molecule has 0 saturated carbocycles. The first-order valence-electron chi connectivity index (χ1n) is 1.24. The summed E-state index contributed by atoms with van der Waals surface area (Å²) in [6.07, 6.45) is 0.750. The standard InChI is InChI=1S/CHNO.Fe.H3O4P/c2-1-3;;1-5(2,3)4/h2H;;(H3,1,2,3,4). The Balaban J connectivity index is -0.0000000800. The van der Waals surface area contributed by atoms with Crippen LogP contribution in [0.4, 0.5) is 0 Å². The minimum absolute atomic E-state index is 0. The number of nitrogens with one attached hydrogen (secondary N) is 1. The number of rotatable bonds is 0. The molecule has 6 nitrogen and oxygen atoms in total. The minimum atomic E-state index is -4.64. The Hall–Kier alpha value is 0.00948. The van der Waals surface area contributed by atoms with E-state index in [0.717, 1.165) is 6.08 Å². The SMILES string of the molecule is N=C=O.O=P(O)(O)O.[Fe]. The Morgan fingerprint density at radius 3 is 1.33 bits per heavy atom. The summed E-state index contributed by atoms with van der Waals surface area (Å²) in [5.41, 5.74) is 0. The van der Waals surface area contributed by atoms with E-state index >= 15 is 0 Å². The zero-order chi connectivity index (χ0) is 7.21. The van der Waals surface area contributed by atoms with Crippen molar-refractivity contribution in [3.63, 3.8) is 0 Å². The first kappa shape index (κ1) is 16.0. The number of carbonyl (C=O) groups excluding carboxylic acids is 1. The van der Waals surface area contributed by atoms with Crippen molar-refractivity contribution in [3.05, 3.63) is 0 Å². The van der Waals surface area contributed by atoms with Gasteiger partial charge in [0, 0.05) is 17.1 Å². The maximum absolute atomic E-state index is 8.88. The molecule has 0 aliphatic carbocycles. The van der Waals surface area contributed by atoms with Gasteiger partial charge in [0.1, 0.15) is 0 Å². The molecule has 8 heteroatoms.